The molecule has 1 saturated carbocycles. The summed E-state index contributed by atoms with van der Waals surface area (Å²) in [6.45, 7) is 2.27. The molecule has 0 unspecified atom stereocenters. The molecule has 0 atom stereocenters. The molecular weight excluding hydrogens is 380 g/mol. The number of carbonyl (C=O) groups is 2. The third-order valence-corrected chi connectivity index (χ3v) is 5.40. The zero-order valence-electron chi connectivity index (χ0n) is 17.2. The quantitative estimate of drug-likeness (QED) is 0.319. The van der Waals surface area contributed by atoms with Gasteiger partial charge in [-0.05, 0) is 73.6 Å². The van der Waals surface area contributed by atoms with Gasteiger partial charge in [-0.1, -0.05) is 19.1 Å². The lowest BCUT2D eigenvalue weighted by atomic mass is 9.83. The van der Waals surface area contributed by atoms with Gasteiger partial charge in [0.15, 0.2) is 0 Å². The fourth-order valence-corrected chi connectivity index (χ4v) is 3.45. The maximum Gasteiger partial charge on any atom is 0.331 e. The van der Waals surface area contributed by atoms with Crippen molar-refractivity contribution in [1.29, 1.82) is 0 Å². The summed E-state index contributed by atoms with van der Waals surface area (Å²) in [4.78, 5) is 24.2. The van der Waals surface area contributed by atoms with E-state index in [1.165, 1.54) is 6.08 Å². The van der Waals surface area contributed by atoms with Crippen molar-refractivity contribution in [1.82, 2.24) is 0 Å². The van der Waals surface area contributed by atoms with Gasteiger partial charge in [-0.15, -0.1) is 0 Å². The Morgan fingerprint density at radius 3 is 2.43 bits per heavy atom. The van der Waals surface area contributed by atoms with Crippen molar-refractivity contribution < 1.29 is 19.1 Å². The average molecular weight is 408 g/mol. The Hall–Kier alpha value is -3.28. The van der Waals surface area contributed by atoms with Crippen molar-refractivity contribution in [2.24, 2.45) is 11.8 Å². The van der Waals surface area contributed by atoms with Crippen LogP contribution in [0.25, 0.3) is 6.08 Å². The molecule has 0 radical (unpaired) electrons. The van der Waals surface area contributed by atoms with E-state index in [4.69, 9.17) is 20.9 Å². The molecule has 0 aliphatic heterocycles. The highest BCUT2D eigenvalue weighted by Crippen LogP contribution is 2.29. The molecule has 2 aromatic rings. The van der Waals surface area contributed by atoms with Crippen molar-refractivity contribution >= 4 is 29.4 Å². The predicted octanol–water partition coefficient (Wildman–Crippen LogP) is 4.34. The van der Waals surface area contributed by atoms with Crippen LogP contribution in [0.2, 0.25) is 0 Å². The lowest BCUT2D eigenvalue weighted by Crippen LogP contribution is -2.24. The number of carbonyl (C=O) groups excluding carboxylic acids is 2. The Balaban J connectivity index is 1.48. The molecule has 6 nitrogen and oxygen atoms in total. The summed E-state index contributed by atoms with van der Waals surface area (Å²) in [5, 5.41) is 0. The van der Waals surface area contributed by atoms with E-state index >= 15 is 0 Å². The summed E-state index contributed by atoms with van der Waals surface area (Å²) in [7, 11) is 0. The minimum absolute atomic E-state index is 0.00968. The van der Waals surface area contributed by atoms with Crippen LogP contribution in [0.15, 0.2) is 48.5 Å². The van der Waals surface area contributed by atoms with Crippen molar-refractivity contribution in [3.05, 3.63) is 59.7 Å². The first-order valence-corrected chi connectivity index (χ1v) is 10.2. The van der Waals surface area contributed by atoms with E-state index in [1.54, 1.807) is 48.5 Å². The summed E-state index contributed by atoms with van der Waals surface area (Å²) in [5.74, 6) is 0.545. The topological polar surface area (TPSA) is 105 Å². The molecule has 0 saturated heterocycles. The molecular formula is C24H28N2O4. The summed E-state index contributed by atoms with van der Waals surface area (Å²) < 4.78 is 10.7. The van der Waals surface area contributed by atoms with Gasteiger partial charge in [0, 0.05) is 23.0 Å². The molecule has 158 valence electrons. The summed E-state index contributed by atoms with van der Waals surface area (Å²) in [6, 6.07) is 12.1. The molecule has 3 rings (SSSR count). The Morgan fingerprint density at radius 1 is 1.03 bits per heavy atom. The maximum atomic E-state index is 12.3. The Kier molecular flexibility index (Phi) is 7.12. The third-order valence-electron chi connectivity index (χ3n) is 5.40. The van der Waals surface area contributed by atoms with Crippen molar-refractivity contribution in [3.8, 4) is 5.75 Å². The van der Waals surface area contributed by atoms with Gasteiger partial charge in [-0.2, -0.15) is 0 Å². The Morgan fingerprint density at radius 2 is 1.73 bits per heavy atom. The number of hydrogen-bond acceptors (Lipinski definition) is 6. The molecule has 0 heterocycles. The van der Waals surface area contributed by atoms with E-state index in [0.29, 0.717) is 28.6 Å². The highest BCUT2D eigenvalue weighted by Gasteiger charge is 2.25. The number of hydrogen-bond donors (Lipinski definition) is 2. The number of rotatable bonds is 6. The molecule has 0 amide bonds. The van der Waals surface area contributed by atoms with Crippen LogP contribution in [0.5, 0.6) is 5.75 Å². The second-order valence-corrected chi connectivity index (χ2v) is 7.85. The average Bonchev–Trinajstić information content (AvgIpc) is 2.74. The molecule has 0 aromatic heterocycles. The Labute approximate surface area is 176 Å². The normalized spacial score (nSPS) is 18.8. The molecule has 1 fully saturated rings. The minimum atomic E-state index is -0.487. The number of nitrogens with two attached hydrogens (primary N) is 2. The van der Waals surface area contributed by atoms with E-state index in [2.05, 4.69) is 6.92 Å². The SMILES string of the molecule is CC1CCC(C(=O)Oc2ccc(C=CC(=O)OCc3cc(N)ccc3N)cc2)CC1. The van der Waals surface area contributed by atoms with Gasteiger partial charge in [0.05, 0.1) is 5.92 Å². The highest BCUT2D eigenvalue weighted by atomic mass is 16.5. The highest BCUT2D eigenvalue weighted by molar-refractivity contribution is 5.87. The van der Waals surface area contributed by atoms with Gasteiger partial charge < -0.3 is 20.9 Å². The van der Waals surface area contributed by atoms with Crippen molar-refractivity contribution in [3.63, 3.8) is 0 Å². The summed E-state index contributed by atoms with van der Waals surface area (Å²) in [6.07, 6.45) is 6.91. The van der Waals surface area contributed by atoms with Gasteiger partial charge in [-0.25, -0.2) is 4.79 Å². The lowest BCUT2D eigenvalue weighted by Gasteiger charge is -2.24. The van der Waals surface area contributed by atoms with E-state index in [1.807, 2.05) is 0 Å². The predicted molar refractivity (Wildman–Crippen MR) is 117 cm³/mol. The van der Waals surface area contributed by atoms with Crippen LogP contribution < -0.4 is 16.2 Å². The molecule has 0 spiro atoms. The second kappa shape index (κ2) is 9.96. The lowest BCUT2D eigenvalue weighted by molar-refractivity contribution is -0.140. The van der Waals surface area contributed by atoms with Crippen LogP contribution in [-0.2, 0) is 20.9 Å². The summed E-state index contributed by atoms with van der Waals surface area (Å²) in [5.41, 5.74) is 14.1. The number of ether oxygens (including phenoxy) is 2. The maximum absolute atomic E-state index is 12.3. The monoisotopic (exact) mass is 408 g/mol. The van der Waals surface area contributed by atoms with E-state index < -0.39 is 5.97 Å². The zero-order chi connectivity index (χ0) is 21.5. The zero-order valence-corrected chi connectivity index (χ0v) is 17.2. The van der Waals surface area contributed by atoms with Crippen LogP contribution in [0.3, 0.4) is 0 Å². The standard InChI is InChI=1S/C24H28N2O4/c1-16-2-7-18(8-3-16)24(28)30-21-10-4-17(5-11-21)6-13-23(27)29-15-19-14-20(25)9-12-22(19)26/h4-6,9-14,16,18H,2-3,7-8,15,25-26H2,1H3. The number of nitrogen functional groups attached to an aromatic ring is 2. The molecule has 30 heavy (non-hydrogen) atoms. The van der Waals surface area contributed by atoms with Crippen LogP contribution in [0, 0.1) is 11.8 Å². The van der Waals surface area contributed by atoms with Gasteiger partial charge in [-0.3, -0.25) is 4.79 Å². The first-order valence-electron chi connectivity index (χ1n) is 10.2. The second-order valence-electron chi connectivity index (χ2n) is 7.85. The number of esters is 2. The van der Waals surface area contributed by atoms with Crippen LogP contribution >= 0.6 is 0 Å². The Bertz CT molecular complexity index is 913. The van der Waals surface area contributed by atoms with E-state index in [-0.39, 0.29) is 18.5 Å². The van der Waals surface area contributed by atoms with Crippen LogP contribution in [0.4, 0.5) is 11.4 Å². The molecule has 4 N–H and O–H groups in total. The number of benzene rings is 2. The van der Waals surface area contributed by atoms with Crippen LogP contribution in [0.1, 0.15) is 43.7 Å². The molecule has 0 bridgehead atoms. The van der Waals surface area contributed by atoms with E-state index in [0.717, 1.165) is 31.2 Å². The fourth-order valence-electron chi connectivity index (χ4n) is 3.45. The van der Waals surface area contributed by atoms with Crippen molar-refractivity contribution in [2.75, 3.05) is 11.5 Å². The summed E-state index contributed by atoms with van der Waals surface area (Å²) >= 11 is 0. The van der Waals surface area contributed by atoms with Gasteiger partial charge >= 0.3 is 11.9 Å². The molecule has 6 heteroatoms. The van der Waals surface area contributed by atoms with Gasteiger partial charge in [0.25, 0.3) is 0 Å². The first kappa shape index (κ1) is 21.4. The van der Waals surface area contributed by atoms with Gasteiger partial charge in [0.1, 0.15) is 12.4 Å². The minimum Gasteiger partial charge on any atom is -0.458 e. The third kappa shape index (κ3) is 6.11. The smallest absolute Gasteiger partial charge is 0.331 e. The number of anilines is 2. The molecule has 2 aromatic carbocycles. The fraction of sp³-hybridized carbons (Fsp3) is 0.333. The van der Waals surface area contributed by atoms with E-state index in [9.17, 15) is 9.59 Å². The molecule has 1 aliphatic rings. The van der Waals surface area contributed by atoms with Crippen LogP contribution in [-0.4, -0.2) is 11.9 Å². The van der Waals surface area contributed by atoms with Crippen molar-refractivity contribution in [2.45, 2.75) is 39.2 Å². The largest absolute Gasteiger partial charge is 0.458 e. The first-order chi connectivity index (χ1) is 14.4. The molecule has 1 aliphatic carbocycles. The van der Waals surface area contributed by atoms with Gasteiger partial charge in [0.2, 0.25) is 0 Å².